The molecule has 1 aromatic carbocycles. The standard InChI is InChI=1S/C19H28N2/c1-3-5-6-7-8-9-13-16(12-4-2)19-17-14-10-11-15-18(17)20-21-19/h4,10-11,14-16H,2-3,5-9,12-13H2,1H3,(H,20,21). The number of nitrogens with zero attached hydrogens (tertiary/aromatic N) is 1. The number of unbranched alkanes of at least 4 members (excludes halogenated alkanes) is 5. The number of benzene rings is 1. The highest BCUT2D eigenvalue weighted by Crippen LogP contribution is 2.30. The first-order valence-electron chi connectivity index (χ1n) is 8.40. The summed E-state index contributed by atoms with van der Waals surface area (Å²) in [4.78, 5) is 0. The van der Waals surface area contributed by atoms with Gasteiger partial charge in [-0.2, -0.15) is 5.10 Å². The highest BCUT2D eigenvalue weighted by Gasteiger charge is 2.15. The predicted molar refractivity (Wildman–Crippen MR) is 91.6 cm³/mol. The van der Waals surface area contributed by atoms with Crippen LogP contribution in [0.25, 0.3) is 10.9 Å². The Hall–Kier alpha value is -1.57. The van der Waals surface area contributed by atoms with Crippen LogP contribution in [0.1, 0.15) is 69.9 Å². The summed E-state index contributed by atoms with van der Waals surface area (Å²) in [6.45, 7) is 6.19. The zero-order chi connectivity index (χ0) is 14.9. The Kier molecular flexibility index (Phi) is 6.52. The van der Waals surface area contributed by atoms with E-state index in [4.69, 9.17) is 0 Å². The number of H-pyrrole nitrogens is 1. The largest absolute Gasteiger partial charge is 0.281 e. The quantitative estimate of drug-likeness (QED) is 0.422. The fraction of sp³-hybridized carbons (Fsp3) is 0.526. The van der Waals surface area contributed by atoms with E-state index >= 15 is 0 Å². The lowest BCUT2D eigenvalue weighted by molar-refractivity contribution is 0.535. The van der Waals surface area contributed by atoms with Crippen LogP contribution in [0.4, 0.5) is 0 Å². The van der Waals surface area contributed by atoms with Gasteiger partial charge in [0.1, 0.15) is 0 Å². The average Bonchev–Trinajstić information content (AvgIpc) is 2.93. The third-order valence-corrected chi connectivity index (χ3v) is 4.26. The van der Waals surface area contributed by atoms with E-state index in [1.807, 2.05) is 12.1 Å². The maximum Gasteiger partial charge on any atom is 0.0923 e. The van der Waals surface area contributed by atoms with Gasteiger partial charge in [-0.1, -0.05) is 69.7 Å². The third kappa shape index (κ3) is 4.45. The van der Waals surface area contributed by atoms with E-state index in [1.165, 1.54) is 56.0 Å². The Morgan fingerprint density at radius 1 is 1.14 bits per heavy atom. The molecule has 0 radical (unpaired) electrons. The van der Waals surface area contributed by atoms with Crippen molar-refractivity contribution >= 4 is 10.9 Å². The van der Waals surface area contributed by atoms with Gasteiger partial charge in [-0.15, -0.1) is 6.58 Å². The number of rotatable bonds is 10. The lowest BCUT2D eigenvalue weighted by Gasteiger charge is -2.14. The normalized spacial score (nSPS) is 12.6. The third-order valence-electron chi connectivity index (χ3n) is 4.26. The minimum Gasteiger partial charge on any atom is -0.281 e. The maximum absolute atomic E-state index is 4.43. The van der Waals surface area contributed by atoms with E-state index in [1.54, 1.807) is 0 Å². The number of para-hydroxylation sites is 1. The molecular formula is C19H28N2. The maximum atomic E-state index is 4.43. The number of nitrogens with one attached hydrogen (secondary N) is 1. The van der Waals surface area contributed by atoms with Crippen molar-refractivity contribution in [2.75, 3.05) is 0 Å². The second-order valence-electron chi connectivity index (χ2n) is 5.93. The van der Waals surface area contributed by atoms with Crippen LogP contribution in [0.5, 0.6) is 0 Å². The van der Waals surface area contributed by atoms with Crippen molar-refractivity contribution in [2.24, 2.45) is 0 Å². The van der Waals surface area contributed by atoms with Gasteiger partial charge in [0.15, 0.2) is 0 Å². The summed E-state index contributed by atoms with van der Waals surface area (Å²) in [6.07, 6.45) is 12.4. The van der Waals surface area contributed by atoms with E-state index < -0.39 is 0 Å². The van der Waals surface area contributed by atoms with Crippen LogP contribution in [0.15, 0.2) is 36.9 Å². The summed E-state index contributed by atoms with van der Waals surface area (Å²) >= 11 is 0. The molecule has 0 saturated heterocycles. The minimum absolute atomic E-state index is 0.529. The molecule has 0 saturated carbocycles. The second kappa shape index (κ2) is 8.66. The Balaban J connectivity index is 1.94. The summed E-state index contributed by atoms with van der Waals surface area (Å²) in [6, 6.07) is 8.39. The molecule has 0 amide bonds. The van der Waals surface area contributed by atoms with E-state index in [2.05, 4.69) is 41.9 Å². The molecule has 2 heteroatoms. The van der Waals surface area contributed by atoms with Crippen molar-refractivity contribution < 1.29 is 0 Å². The molecule has 1 N–H and O–H groups in total. The molecule has 2 rings (SSSR count). The van der Waals surface area contributed by atoms with Crippen molar-refractivity contribution in [2.45, 2.75) is 64.2 Å². The number of aromatic nitrogens is 2. The summed E-state index contributed by atoms with van der Waals surface area (Å²) < 4.78 is 0. The molecule has 1 heterocycles. The molecule has 0 aliphatic carbocycles. The average molecular weight is 284 g/mol. The fourth-order valence-corrected chi connectivity index (χ4v) is 3.04. The topological polar surface area (TPSA) is 28.7 Å². The number of allylic oxidation sites excluding steroid dienone is 1. The van der Waals surface area contributed by atoms with E-state index in [-0.39, 0.29) is 0 Å². The molecule has 21 heavy (non-hydrogen) atoms. The molecule has 0 bridgehead atoms. The highest BCUT2D eigenvalue weighted by molar-refractivity contribution is 5.81. The van der Waals surface area contributed by atoms with Gasteiger partial charge in [0, 0.05) is 17.0 Å². The summed E-state index contributed by atoms with van der Waals surface area (Å²) in [5.41, 5.74) is 2.36. The van der Waals surface area contributed by atoms with Crippen LogP contribution >= 0.6 is 0 Å². The molecule has 1 aromatic heterocycles. The summed E-state index contributed by atoms with van der Waals surface area (Å²) in [7, 11) is 0. The Bertz CT molecular complexity index is 541. The second-order valence-corrected chi connectivity index (χ2v) is 5.93. The molecule has 2 aromatic rings. The fourth-order valence-electron chi connectivity index (χ4n) is 3.04. The molecule has 1 unspecified atom stereocenters. The first kappa shape index (κ1) is 15.8. The SMILES string of the molecule is C=CCC(CCCCCCCC)c1[nH]nc2ccccc12. The molecule has 0 spiro atoms. The summed E-state index contributed by atoms with van der Waals surface area (Å²) in [5.74, 6) is 0.529. The van der Waals surface area contributed by atoms with Gasteiger partial charge in [-0.05, 0) is 18.9 Å². The zero-order valence-electron chi connectivity index (χ0n) is 13.3. The molecular weight excluding hydrogens is 256 g/mol. The van der Waals surface area contributed by atoms with Crippen molar-refractivity contribution in [3.05, 3.63) is 42.6 Å². The Labute approximate surface area is 128 Å². The van der Waals surface area contributed by atoms with Gasteiger partial charge in [0.25, 0.3) is 0 Å². The van der Waals surface area contributed by atoms with E-state index in [9.17, 15) is 0 Å². The van der Waals surface area contributed by atoms with Crippen LogP contribution in [-0.4, -0.2) is 10.2 Å². The molecule has 0 aliphatic rings. The number of hydrogen-bond acceptors (Lipinski definition) is 1. The van der Waals surface area contributed by atoms with Gasteiger partial charge >= 0.3 is 0 Å². The van der Waals surface area contributed by atoms with E-state index in [0.717, 1.165) is 11.9 Å². The van der Waals surface area contributed by atoms with E-state index in [0.29, 0.717) is 5.92 Å². The van der Waals surface area contributed by atoms with Gasteiger partial charge in [0.05, 0.1) is 5.52 Å². The van der Waals surface area contributed by atoms with Gasteiger partial charge < -0.3 is 0 Å². The Morgan fingerprint density at radius 3 is 2.71 bits per heavy atom. The van der Waals surface area contributed by atoms with Crippen LogP contribution in [0.3, 0.4) is 0 Å². The van der Waals surface area contributed by atoms with Crippen molar-refractivity contribution in [3.8, 4) is 0 Å². The molecule has 0 fully saturated rings. The monoisotopic (exact) mass is 284 g/mol. The highest BCUT2D eigenvalue weighted by atomic mass is 15.1. The van der Waals surface area contributed by atoms with Crippen molar-refractivity contribution in [1.29, 1.82) is 0 Å². The van der Waals surface area contributed by atoms with Crippen molar-refractivity contribution in [1.82, 2.24) is 10.2 Å². The van der Waals surface area contributed by atoms with Crippen LogP contribution in [0.2, 0.25) is 0 Å². The molecule has 0 aliphatic heterocycles. The van der Waals surface area contributed by atoms with Crippen LogP contribution in [-0.2, 0) is 0 Å². The van der Waals surface area contributed by atoms with Crippen LogP contribution in [0, 0.1) is 0 Å². The predicted octanol–water partition coefficient (Wildman–Crippen LogP) is 5.97. The van der Waals surface area contributed by atoms with Crippen LogP contribution < -0.4 is 0 Å². The summed E-state index contributed by atoms with van der Waals surface area (Å²) in [5, 5.41) is 8.97. The van der Waals surface area contributed by atoms with Gasteiger partial charge in [-0.25, -0.2) is 0 Å². The Morgan fingerprint density at radius 2 is 1.90 bits per heavy atom. The van der Waals surface area contributed by atoms with Gasteiger partial charge in [0.2, 0.25) is 0 Å². The molecule has 1 atom stereocenters. The smallest absolute Gasteiger partial charge is 0.0923 e. The van der Waals surface area contributed by atoms with Crippen molar-refractivity contribution in [3.63, 3.8) is 0 Å². The molecule has 114 valence electrons. The number of aromatic amines is 1. The minimum atomic E-state index is 0.529. The number of fused-ring (bicyclic) bond motifs is 1. The first-order chi connectivity index (χ1) is 10.4. The first-order valence-corrected chi connectivity index (χ1v) is 8.40. The molecule has 2 nitrogen and oxygen atoms in total. The lowest BCUT2D eigenvalue weighted by atomic mass is 9.92. The van der Waals surface area contributed by atoms with Gasteiger partial charge in [-0.3, -0.25) is 5.10 Å². The zero-order valence-corrected chi connectivity index (χ0v) is 13.3. The number of hydrogen-bond donors (Lipinski definition) is 1. The lowest BCUT2D eigenvalue weighted by Crippen LogP contribution is -1.99.